The summed E-state index contributed by atoms with van der Waals surface area (Å²) < 4.78 is 0. The summed E-state index contributed by atoms with van der Waals surface area (Å²) in [5.41, 5.74) is 0.731. The van der Waals surface area contributed by atoms with Crippen LogP contribution in [-0.2, 0) is 0 Å². The van der Waals surface area contributed by atoms with Crippen molar-refractivity contribution < 1.29 is 58.2 Å². The number of piperidine rings is 1. The second-order valence-electron chi connectivity index (χ2n) is 5.52. The zero-order valence-electron chi connectivity index (χ0n) is 10.3. The average Bonchev–Trinajstić information content (AvgIpc) is 1.99. The van der Waals surface area contributed by atoms with Crippen molar-refractivity contribution in [1.82, 2.24) is 4.90 Å². The minimum atomic E-state index is 0. The van der Waals surface area contributed by atoms with Crippen molar-refractivity contribution in [3.63, 3.8) is 0 Å². The Morgan fingerprint density at radius 2 is 1.93 bits per heavy atom. The van der Waals surface area contributed by atoms with E-state index in [1.807, 2.05) is 0 Å². The Labute approximate surface area is 138 Å². The van der Waals surface area contributed by atoms with Gasteiger partial charge in [0.2, 0.25) is 0 Å². The number of likely N-dealkylation sites (tertiary alicyclic amines) is 1. The van der Waals surface area contributed by atoms with Crippen LogP contribution in [0.3, 0.4) is 0 Å². The van der Waals surface area contributed by atoms with Crippen LogP contribution in [0, 0.1) is 17.3 Å². The Hall–Kier alpha value is 1.77. The number of hydrogen-bond acceptors (Lipinski definition) is 1. The molecule has 1 spiro atoms. The normalized spacial score (nSPS) is 38.1. The molecular formula is C12H22NRb. The molecule has 0 aromatic rings. The first-order valence-corrected chi connectivity index (χ1v) is 5.60. The molecule has 0 bridgehead atoms. The molecule has 2 fully saturated rings. The molecule has 0 N–H and O–H groups in total. The Kier molecular flexibility index (Phi) is 5.33. The maximum atomic E-state index is 2.52. The van der Waals surface area contributed by atoms with Gasteiger partial charge in [-0.3, -0.25) is 0 Å². The van der Waals surface area contributed by atoms with E-state index in [1.54, 1.807) is 5.92 Å². The van der Waals surface area contributed by atoms with Crippen LogP contribution < -0.4 is 58.2 Å². The molecule has 1 nitrogen and oxygen atoms in total. The molecule has 14 heavy (non-hydrogen) atoms. The Morgan fingerprint density at radius 3 is 2.43 bits per heavy atom. The van der Waals surface area contributed by atoms with Gasteiger partial charge in [-0.25, -0.2) is 0 Å². The molecule has 1 heterocycles. The smallest absolute Gasteiger partial charge is 0.317 e. The second-order valence-corrected chi connectivity index (χ2v) is 5.52. The maximum Gasteiger partial charge on any atom is 1.00 e. The van der Waals surface area contributed by atoms with Crippen LogP contribution in [0.1, 0.15) is 39.5 Å². The average molecular weight is 266 g/mol. The van der Waals surface area contributed by atoms with Gasteiger partial charge in [-0.15, -0.1) is 0 Å². The standard InChI is InChI=1S/C12H22N.Rb/c1-10(2)11-7-12(8-11)5-4-6-13(3)9-12;/h11H,4-9H2,1-3H3;/q-1;+1. The van der Waals surface area contributed by atoms with Crippen molar-refractivity contribution in [2.45, 2.75) is 39.5 Å². The zero-order valence-corrected chi connectivity index (χ0v) is 15.2. The minimum absolute atomic E-state index is 0. The molecule has 1 saturated heterocycles. The van der Waals surface area contributed by atoms with Gasteiger partial charge in [-0.1, -0.05) is 12.8 Å². The van der Waals surface area contributed by atoms with Crippen LogP contribution in [0.5, 0.6) is 0 Å². The molecule has 76 valence electrons. The zero-order chi connectivity index (χ0) is 9.47. The molecular weight excluding hydrogens is 244 g/mol. The molecule has 0 aromatic heterocycles. The van der Waals surface area contributed by atoms with Crippen LogP contribution in [0.15, 0.2) is 0 Å². The van der Waals surface area contributed by atoms with Crippen molar-refractivity contribution in [3.8, 4) is 0 Å². The van der Waals surface area contributed by atoms with Crippen molar-refractivity contribution in [3.05, 3.63) is 5.92 Å². The van der Waals surface area contributed by atoms with Crippen LogP contribution >= 0.6 is 0 Å². The summed E-state index contributed by atoms with van der Waals surface area (Å²) in [5, 5.41) is 0. The van der Waals surface area contributed by atoms with E-state index in [2.05, 4.69) is 25.8 Å². The summed E-state index contributed by atoms with van der Waals surface area (Å²) in [6.07, 6.45) is 5.85. The monoisotopic (exact) mass is 265 g/mol. The fourth-order valence-corrected chi connectivity index (χ4v) is 3.18. The van der Waals surface area contributed by atoms with Crippen LogP contribution in [-0.4, -0.2) is 25.0 Å². The third-order valence-electron chi connectivity index (χ3n) is 4.03. The minimum Gasteiger partial charge on any atom is -0.317 e. The van der Waals surface area contributed by atoms with E-state index in [0.29, 0.717) is 0 Å². The van der Waals surface area contributed by atoms with Gasteiger partial charge in [-0.05, 0) is 31.8 Å². The molecule has 1 saturated carbocycles. The molecule has 0 atom stereocenters. The van der Waals surface area contributed by atoms with E-state index in [9.17, 15) is 0 Å². The summed E-state index contributed by atoms with van der Waals surface area (Å²) in [6.45, 7) is 7.27. The van der Waals surface area contributed by atoms with E-state index in [-0.39, 0.29) is 58.2 Å². The van der Waals surface area contributed by atoms with Gasteiger partial charge in [0.1, 0.15) is 0 Å². The summed E-state index contributed by atoms with van der Waals surface area (Å²) in [4.78, 5) is 2.52. The van der Waals surface area contributed by atoms with Gasteiger partial charge in [-0.2, -0.15) is 19.8 Å². The van der Waals surface area contributed by atoms with Crippen molar-refractivity contribution in [1.29, 1.82) is 0 Å². The van der Waals surface area contributed by atoms with Crippen molar-refractivity contribution in [2.75, 3.05) is 20.1 Å². The third kappa shape index (κ3) is 2.91. The summed E-state index contributed by atoms with van der Waals surface area (Å²) in [5.74, 6) is 2.60. The summed E-state index contributed by atoms with van der Waals surface area (Å²) >= 11 is 0. The fraction of sp³-hybridized carbons (Fsp3) is 0.917. The molecule has 0 amide bonds. The van der Waals surface area contributed by atoms with E-state index in [4.69, 9.17) is 0 Å². The molecule has 0 unspecified atom stereocenters. The van der Waals surface area contributed by atoms with E-state index in [1.165, 1.54) is 38.8 Å². The van der Waals surface area contributed by atoms with Crippen molar-refractivity contribution >= 4 is 0 Å². The topological polar surface area (TPSA) is 3.24 Å². The summed E-state index contributed by atoms with van der Waals surface area (Å²) in [6, 6.07) is 0. The van der Waals surface area contributed by atoms with Crippen LogP contribution in [0.2, 0.25) is 0 Å². The van der Waals surface area contributed by atoms with Gasteiger partial charge in [0.05, 0.1) is 0 Å². The SMILES string of the molecule is C[C-](C)C1CC2(CCCN(C)C2)C1.[Rb+]. The van der Waals surface area contributed by atoms with Gasteiger partial charge < -0.3 is 10.8 Å². The maximum absolute atomic E-state index is 2.52. The van der Waals surface area contributed by atoms with Gasteiger partial charge >= 0.3 is 58.2 Å². The molecule has 2 heteroatoms. The number of rotatable bonds is 1. The van der Waals surface area contributed by atoms with Gasteiger partial charge in [0.25, 0.3) is 0 Å². The quantitative estimate of drug-likeness (QED) is 0.590. The molecule has 0 radical (unpaired) electrons. The number of nitrogens with zero attached hydrogens (tertiary/aromatic N) is 1. The summed E-state index contributed by atoms with van der Waals surface area (Å²) in [7, 11) is 2.27. The van der Waals surface area contributed by atoms with E-state index >= 15 is 0 Å². The molecule has 0 aromatic carbocycles. The molecule has 2 rings (SSSR count). The van der Waals surface area contributed by atoms with E-state index in [0.717, 1.165) is 11.3 Å². The molecule has 2 aliphatic rings. The van der Waals surface area contributed by atoms with E-state index < -0.39 is 0 Å². The number of hydrogen-bond donors (Lipinski definition) is 0. The molecule has 1 aliphatic carbocycles. The predicted octanol–water partition coefficient (Wildman–Crippen LogP) is -0.273. The van der Waals surface area contributed by atoms with Crippen LogP contribution in [0.25, 0.3) is 0 Å². The Bertz CT molecular complexity index is 185. The molecule has 1 aliphatic heterocycles. The van der Waals surface area contributed by atoms with Crippen molar-refractivity contribution in [2.24, 2.45) is 11.3 Å². The first kappa shape index (κ1) is 13.8. The Balaban J connectivity index is 0.000000980. The van der Waals surface area contributed by atoms with Crippen LogP contribution in [0.4, 0.5) is 0 Å². The second kappa shape index (κ2) is 5.40. The first-order valence-electron chi connectivity index (χ1n) is 5.60. The first-order chi connectivity index (χ1) is 6.11. The third-order valence-corrected chi connectivity index (χ3v) is 4.03. The fourth-order valence-electron chi connectivity index (χ4n) is 3.18. The van der Waals surface area contributed by atoms with Gasteiger partial charge in [0.15, 0.2) is 0 Å². The predicted molar refractivity (Wildman–Crippen MR) is 56.5 cm³/mol. The largest absolute Gasteiger partial charge is 1.00 e. The van der Waals surface area contributed by atoms with Gasteiger partial charge in [0, 0.05) is 6.54 Å². The Morgan fingerprint density at radius 1 is 1.29 bits per heavy atom.